The average Bonchev–Trinajstić information content (AvgIpc) is 3.18. The van der Waals surface area contributed by atoms with Gasteiger partial charge in [-0.25, -0.2) is 4.39 Å². The van der Waals surface area contributed by atoms with Crippen LogP contribution >= 0.6 is 0 Å². The molecular formula is C26H22FNO4. The molecule has 0 saturated carbocycles. The van der Waals surface area contributed by atoms with Crippen molar-refractivity contribution in [3.05, 3.63) is 95.5 Å². The van der Waals surface area contributed by atoms with Crippen LogP contribution in [0, 0.1) is 5.82 Å². The number of anilines is 1. The topological polar surface area (TPSA) is 68.5 Å². The Morgan fingerprint density at radius 3 is 2.38 bits per heavy atom. The first kappa shape index (κ1) is 21.3. The fraction of sp³-hybridized carbons (Fsp3) is 0.154. The summed E-state index contributed by atoms with van der Waals surface area (Å²) >= 11 is 0. The van der Waals surface area contributed by atoms with E-state index in [4.69, 9.17) is 9.15 Å². The van der Waals surface area contributed by atoms with E-state index in [2.05, 4.69) is 12.2 Å². The third-order valence-electron chi connectivity index (χ3n) is 5.17. The van der Waals surface area contributed by atoms with Crippen molar-refractivity contribution in [2.45, 2.75) is 26.4 Å². The summed E-state index contributed by atoms with van der Waals surface area (Å²) in [5, 5.41) is 3.37. The van der Waals surface area contributed by atoms with E-state index in [9.17, 15) is 14.0 Å². The van der Waals surface area contributed by atoms with Crippen LogP contribution in [0.4, 0.5) is 10.1 Å². The molecule has 0 aliphatic carbocycles. The summed E-state index contributed by atoms with van der Waals surface area (Å²) in [7, 11) is 0. The summed E-state index contributed by atoms with van der Waals surface area (Å²) in [6.45, 7) is 3.69. The van der Waals surface area contributed by atoms with Crippen molar-refractivity contribution in [2.24, 2.45) is 0 Å². The number of ketones is 1. The van der Waals surface area contributed by atoms with E-state index in [-0.39, 0.29) is 17.0 Å². The van der Waals surface area contributed by atoms with Crippen LogP contribution in [0.3, 0.4) is 0 Å². The van der Waals surface area contributed by atoms with Gasteiger partial charge in [-0.05, 0) is 67.4 Å². The molecule has 0 unspecified atom stereocenters. The average molecular weight is 431 g/mol. The quantitative estimate of drug-likeness (QED) is 0.377. The number of fused-ring (bicyclic) bond motifs is 1. The Morgan fingerprint density at radius 2 is 1.69 bits per heavy atom. The van der Waals surface area contributed by atoms with Crippen molar-refractivity contribution in [2.75, 3.05) is 5.32 Å². The van der Waals surface area contributed by atoms with E-state index in [1.807, 2.05) is 24.3 Å². The summed E-state index contributed by atoms with van der Waals surface area (Å²) in [4.78, 5) is 26.0. The highest BCUT2D eigenvalue weighted by Gasteiger charge is 2.25. The molecule has 4 aromatic rings. The maximum Gasteiger partial charge on any atom is 0.265 e. The lowest BCUT2D eigenvalue weighted by Crippen LogP contribution is -2.30. The van der Waals surface area contributed by atoms with Crippen molar-refractivity contribution in [1.82, 2.24) is 0 Å². The third kappa shape index (κ3) is 4.39. The van der Waals surface area contributed by atoms with Gasteiger partial charge in [0.2, 0.25) is 5.78 Å². The smallest absolute Gasteiger partial charge is 0.265 e. The predicted octanol–water partition coefficient (Wildman–Crippen LogP) is 5.77. The fourth-order valence-electron chi connectivity index (χ4n) is 3.35. The Bertz CT molecular complexity index is 1260. The Kier molecular flexibility index (Phi) is 6.03. The summed E-state index contributed by atoms with van der Waals surface area (Å²) in [5.74, 6) is -0.780. The van der Waals surface area contributed by atoms with E-state index >= 15 is 0 Å². The van der Waals surface area contributed by atoms with Crippen molar-refractivity contribution in [1.29, 1.82) is 0 Å². The fourth-order valence-corrected chi connectivity index (χ4v) is 3.35. The molecule has 0 saturated heterocycles. The number of rotatable bonds is 7. The molecule has 3 aromatic carbocycles. The molecule has 0 aliphatic rings. The third-order valence-corrected chi connectivity index (χ3v) is 5.17. The van der Waals surface area contributed by atoms with Crippen LogP contribution in [-0.4, -0.2) is 17.8 Å². The van der Waals surface area contributed by atoms with E-state index in [1.165, 1.54) is 29.8 Å². The molecule has 0 bridgehead atoms. The van der Waals surface area contributed by atoms with Crippen LogP contribution in [0.2, 0.25) is 0 Å². The number of aryl methyl sites for hydroxylation is 1. The molecular weight excluding hydrogens is 409 g/mol. The minimum Gasteiger partial charge on any atom is -0.481 e. The van der Waals surface area contributed by atoms with Gasteiger partial charge in [0.25, 0.3) is 5.91 Å². The molecule has 1 aromatic heterocycles. The maximum absolute atomic E-state index is 13.3. The molecule has 1 N–H and O–H groups in total. The standard InChI is InChI=1S/C26H22FNO4/c1-3-17-8-14-20(15-9-17)31-16(2)26(30)28-23-21-6-4-5-7-22(21)32-25(23)24(29)18-10-12-19(27)13-11-18/h4-16H,3H2,1-2H3,(H,28,30)/t16-/m0/s1. The van der Waals surface area contributed by atoms with Gasteiger partial charge in [0.05, 0.1) is 5.69 Å². The molecule has 0 radical (unpaired) electrons. The molecule has 4 rings (SSSR count). The van der Waals surface area contributed by atoms with Crippen LogP contribution in [-0.2, 0) is 11.2 Å². The predicted molar refractivity (Wildman–Crippen MR) is 121 cm³/mol. The molecule has 32 heavy (non-hydrogen) atoms. The number of benzene rings is 3. The molecule has 162 valence electrons. The number of hydrogen-bond acceptors (Lipinski definition) is 4. The highest BCUT2D eigenvalue weighted by Crippen LogP contribution is 2.33. The van der Waals surface area contributed by atoms with Gasteiger partial charge in [-0.2, -0.15) is 0 Å². The zero-order valence-corrected chi connectivity index (χ0v) is 17.7. The van der Waals surface area contributed by atoms with Crippen LogP contribution in [0.1, 0.15) is 35.5 Å². The Balaban J connectivity index is 1.61. The Hall–Kier alpha value is -3.93. The van der Waals surface area contributed by atoms with Crippen LogP contribution in [0.5, 0.6) is 5.75 Å². The number of carbonyl (C=O) groups excluding carboxylic acids is 2. The van der Waals surface area contributed by atoms with Gasteiger partial charge in [-0.15, -0.1) is 0 Å². The number of nitrogens with one attached hydrogen (secondary N) is 1. The van der Waals surface area contributed by atoms with Gasteiger partial charge in [-0.1, -0.05) is 31.2 Å². The summed E-state index contributed by atoms with van der Waals surface area (Å²) in [6, 6.07) is 19.7. The second-order valence-corrected chi connectivity index (χ2v) is 7.39. The van der Waals surface area contributed by atoms with Gasteiger partial charge in [0, 0.05) is 10.9 Å². The molecule has 1 atom stereocenters. The molecule has 5 nitrogen and oxygen atoms in total. The Labute approximate surface area is 184 Å². The molecule has 0 aliphatic heterocycles. The second kappa shape index (κ2) is 9.06. The van der Waals surface area contributed by atoms with Crippen molar-refractivity contribution in [3.8, 4) is 5.75 Å². The van der Waals surface area contributed by atoms with Gasteiger partial charge < -0.3 is 14.5 Å². The lowest BCUT2D eigenvalue weighted by Gasteiger charge is -2.15. The van der Waals surface area contributed by atoms with E-state index in [0.29, 0.717) is 16.7 Å². The van der Waals surface area contributed by atoms with Crippen molar-refractivity contribution >= 4 is 28.3 Å². The summed E-state index contributed by atoms with van der Waals surface area (Å²) < 4.78 is 24.8. The van der Waals surface area contributed by atoms with Crippen molar-refractivity contribution in [3.63, 3.8) is 0 Å². The first-order valence-electron chi connectivity index (χ1n) is 10.3. The number of carbonyl (C=O) groups is 2. The minimum absolute atomic E-state index is 0.0225. The van der Waals surface area contributed by atoms with Gasteiger partial charge in [0.1, 0.15) is 17.1 Å². The SMILES string of the molecule is CCc1ccc(O[C@@H](C)C(=O)Nc2c(C(=O)c3ccc(F)cc3)oc3ccccc23)cc1. The van der Waals surface area contributed by atoms with Gasteiger partial charge >= 0.3 is 0 Å². The molecule has 6 heteroatoms. The zero-order valence-electron chi connectivity index (χ0n) is 17.7. The lowest BCUT2D eigenvalue weighted by atomic mass is 10.1. The minimum atomic E-state index is -0.815. The molecule has 1 amide bonds. The highest BCUT2D eigenvalue weighted by atomic mass is 19.1. The number of para-hydroxylation sites is 1. The molecule has 1 heterocycles. The van der Waals surface area contributed by atoms with Crippen LogP contribution < -0.4 is 10.1 Å². The Morgan fingerprint density at radius 1 is 1.00 bits per heavy atom. The van der Waals surface area contributed by atoms with E-state index < -0.39 is 23.6 Å². The van der Waals surface area contributed by atoms with E-state index in [0.717, 1.165) is 6.42 Å². The first-order chi connectivity index (χ1) is 15.5. The van der Waals surface area contributed by atoms with Crippen LogP contribution in [0.15, 0.2) is 77.2 Å². The molecule has 0 fully saturated rings. The number of hydrogen-bond donors (Lipinski definition) is 1. The summed E-state index contributed by atoms with van der Waals surface area (Å²) in [6.07, 6.45) is 0.0966. The number of amides is 1. The number of halogens is 1. The van der Waals surface area contributed by atoms with Crippen LogP contribution in [0.25, 0.3) is 11.0 Å². The monoisotopic (exact) mass is 431 g/mol. The largest absolute Gasteiger partial charge is 0.481 e. The number of ether oxygens (including phenoxy) is 1. The number of furan rings is 1. The first-order valence-corrected chi connectivity index (χ1v) is 10.3. The van der Waals surface area contributed by atoms with Gasteiger partial charge in [0.15, 0.2) is 11.9 Å². The normalized spacial score (nSPS) is 11.8. The van der Waals surface area contributed by atoms with Crippen molar-refractivity contribution < 1.29 is 23.1 Å². The van der Waals surface area contributed by atoms with Gasteiger partial charge in [-0.3, -0.25) is 9.59 Å². The second-order valence-electron chi connectivity index (χ2n) is 7.39. The summed E-state index contributed by atoms with van der Waals surface area (Å²) in [5.41, 5.74) is 2.14. The van der Waals surface area contributed by atoms with E-state index in [1.54, 1.807) is 31.2 Å². The lowest BCUT2D eigenvalue weighted by molar-refractivity contribution is -0.122. The zero-order chi connectivity index (χ0) is 22.7. The molecule has 0 spiro atoms. The maximum atomic E-state index is 13.3. The highest BCUT2D eigenvalue weighted by molar-refractivity contribution is 6.17.